The number of ether oxygens (including phenoxy) is 4. The summed E-state index contributed by atoms with van der Waals surface area (Å²) in [4.78, 5) is 21.8. The van der Waals surface area contributed by atoms with E-state index in [9.17, 15) is 9.59 Å². The lowest BCUT2D eigenvalue weighted by molar-refractivity contribution is -0.129. The fourth-order valence-corrected chi connectivity index (χ4v) is 1.23. The van der Waals surface area contributed by atoms with E-state index in [4.69, 9.17) is 24.7 Å². The van der Waals surface area contributed by atoms with Gasteiger partial charge in [0.2, 0.25) is 5.91 Å². The van der Waals surface area contributed by atoms with Crippen LogP contribution in [0, 0.1) is 0 Å². The maximum Gasteiger partial charge on any atom is 0.246 e. The minimum Gasteiger partial charge on any atom is -0.378 e. The van der Waals surface area contributed by atoms with Crippen LogP contribution >= 0.6 is 0 Å². The van der Waals surface area contributed by atoms with Gasteiger partial charge in [0.1, 0.15) is 13.2 Å². The molecule has 0 rings (SSSR count). The van der Waals surface area contributed by atoms with Crippen molar-refractivity contribution < 1.29 is 28.5 Å². The third-order valence-corrected chi connectivity index (χ3v) is 2.11. The monoisotopic (exact) mass is 306 g/mol. The predicted molar refractivity (Wildman–Crippen MR) is 76.0 cm³/mol. The topological polar surface area (TPSA) is 109 Å². The van der Waals surface area contributed by atoms with Crippen LogP contribution in [0.1, 0.15) is 6.92 Å². The summed E-state index contributed by atoms with van der Waals surface area (Å²) in [6.45, 7) is 5.02. The molecule has 0 aliphatic rings. The Morgan fingerprint density at radius 1 is 0.857 bits per heavy atom. The van der Waals surface area contributed by atoms with Crippen molar-refractivity contribution in [1.82, 2.24) is 5.32 Å². The predicted octanol–water partition coefficient (Wildman–Crippen LogP) is -1.28. The van der Waals surface area contributed by atoms with E-state index in [1.165, 1.54) is 6.92 Å². The van der Waals surface area contributed by atoms with E-state index in [0.29, 0.717) is 52.7 Å². The van der Waals surface area contributed by atoms with Crippen LogP contribution in [0.5, 0.6) is 0 Å². The van der Waals surface area contributed by atoms with Gasteiger partial charge in [-0.25, -0.2) is 0 Å². The number of amides is 1. The van der Waals surface area contributed by atoms with Crippen LogP contribution in [-0.4, -0.2) is 77.6 Å². The molecule has 0 fully saturated rings. The van der Waals surface area contributed by atoms with Gasteiger partial charge in [-0.2, -0.15) is 0 Å². The van der Waals surface area contributed by atoms with Gasteiger partial charge in [0.25, 0.3) is 0 Å². The highest BCUT2D eigenvalue weighted by atomic mass is 16.5. The molecule has 0 bridgehead atoms. The van der Waals surface area contributed by atoms with E-state index >= 15 is 0 Å². The highest BCUT2D eigenvalue weighted by Gasteiger charge is 2.01. The van der Waals surface area contributed by atoms with Crippen LogP contribution in [0.2, 0.25) is 0 Å². The molecule has 0 radical (unpaired) electrons. The summed E-state index contributed by atoms with van der Waals surface area (Å²) in [7, 11) is 0. The summed E-state index contributed by atoms with van der Waals surface area (Å²) in [6.07, 6.45) is 0. The summed E-state index contributed by atoms with van der Waals surface area (Å²) >= 11 is 0. The van der Waals surface area contributed by atoms with Crippen LogP contribution in [0.25, 0.3) is 0 Å². The fraction of sp³-hybridized carbons (Fsp3) is 0.846. The van der Waals surface area contributed by atoms with Crippen molar-refractivity contribution in [3.05, 3.63) is 0 Å². The minimum absolute atomic E-state index is 0.0454. The number of rotatable bonds is 15. The second kappa shape index (κ2) is 15.3. The van der Waals surface area contributed by atoms with Gasteiger partial charge in [0.05, 0.1) is 39.6 Å². The number of nitrogens with one attached hydrogen (secondary N) is 1. The summed E-state index contributed by atoms with van der Waals surface area (Å²) in [5, 5.41) is 2.61. The first-order valence-electron chi connectivity index (χ1n) is 6.94. The Balaban J connectivity index is 3.14. The van der Waals surface area contributed by atoms with Gasteiger partial charge in [0.15, 0.2) is 5.78 Å². The molecule has 124 valence electrons. The largest absolute Gasteiger partial charge is 0.378 e. The zero-order valence-corrected chi connectivity index (χ0v) is 12.6. The molecular formula is C13H26N2O6. The molecule has 0 aromatic heterocycles. The van der Waals surface area contributed by atoms with Gasteiger partial charge in [-0.15, -0.1) is 0 Å². The lowest BCUT2D eigenvalue weighted by atomic mass is 10.5. The van der Waals surface area contributed by atoms with E-state index < -0.39 is 0 Å². The van der Waals surface area contributed by atoms with Gasteiger partial charge in [-0.3, -0.25) is 9.59 Å². The second-order valence-electron chi connectivity index (χ2n) is 4.17. The zero-order chi connectivity index (χ0) is 15.8. The standard InChI is InChI=1S/C13H26N2O6/c1-12(16)10-21-11-13(17)15-3-5-19-7-9-20-8-6-18-4-2-14/h2-11,14H2,1H3,(H,15,17). The molecule has 0 aliphatic heterocycles. The Bertz CT molecular complexity index is 275. The molecule has 0 aliphatic carbocycles. The minimum atomic E-state index is -0.270. The molecule has 0 saturated heterocycles. The number of hydrogen-bond acceptors (Lipinski definition) is 7. The van der Waals surface area contributed by atoms with E-state index in [2.05, 4.69) is 5.32 Å². The first-order valence-corrected chi connectivity index (χ1v) is 6.94. The summed E-state index contributed by atoms with van der Waals surface area (Å²) in [5.41, 5.74) is 5.26. The third kappa shape index (κ3) is 16.9. The molecule has 1 amide bonds. The molecule has 0 atom stereocenters. The molecule has 0 unspecified atom stereocenters. The highest BCUT2D eigenvalue weighted by Crippen LogP contribution is 1.81. The van der Waals surface area contributed by atoms with Gasteiger partial charge >= 0.3 is 0 Å². The van der Waals surface area contributed by atoms with Crippen LogP contribution < -0.4 is 11.1 Å². The molecule has 8 nitrogen and oxygen atoms in total. The lowest BCUT2D eigenvalue weighted by Crippen LogP contribution is -2.31. The number of carbonyl (C=O) groups is 2. The third-order valence-electron chi connectivity index (χ3n) is 2.11. The Hall–Kier alpha value is -1.06. The molecule has 0 saturated carbocycles. The van der Waals surface area contributed by atoms with Gasteiger partial charge in [-0.05, 0) is 6.92 Å². The Kier molecular flexibility index (Phi) is 14.6. The van der Waals surface area contributed by atoms with Crippen LogP contribution in [-0.2, 0) is 28.5 Å². The Morgan fingerprint density at radius 3 is 2.00 bits per heavy atom. The average Bonchev–Trinajstić information content (AvgIpc) is 2.44. The van der Waals surface area contributed by atoms with Crippen molar-refractivity contribution >= 4 is 11.7 Å². The summed E-state index contributed by atoms with van der Waals surface area (Å²) < 4.78 is 20.5. The first-order chi connectivity index (χ1) is 10.2. The molecule has 0 aromatic carbocycles. The maximum absolute atomic E-state index is 11.2. The van der Waals surface area contributed by atoms with Crippen molar-refractivity contribution in [2.24, 2.45) is 5.73 Å². The molecule has 0 aromatic rings. The smallest absolute Gasteiger partial charge is 0.246 e. The SMILES string of the molecule is CC(=O)COCC(=O)NCCOCCOCCOCCN. The number of ketones is 1. The maximum atomic E-state index is 11.2. The average molecular weight is 306 g/mol. The van der Waals surface area contributed by atoms with Crippen LogP contribution in [0.3, 0.4) is 0 Å². The number of hydrogen-bond donors (Lipinski definition) is 2. The van der Waals surface area contributed by atoms with Crippen molar-refractivity contribution in [3.8, 4) is 0 Å². The van der Waals surface area contributed by atoms with Gasteiger partial charge in [0, 0.05) is 13.1 Å². The molecule has 3 N–H and O–H groups in total. The van der Waals surface area contributed by atoms with Crippen molar-refractivity contribution in [2.45, 2.75) is 6.92 Å². The van der Waals surface area contributed by atoms with Crippen LogP contribution in [0.4, 0.5) is 0 Å². The van der Waals surface area contributed by atoms with E-state index in [-0.39, 0.29) is 24.9 Å². The number of nitrogens with two attached hydrogens (primary N) is 1. The quantitative estimate of drug-likeness (QED) is 0.363. The highest BCUT2D eigenvalue weighted by molar-refractivity contribution is 5.79. The summed E-state index contributed by atoms with van der Waals surface area (Å²) in [6, 6.07) is 0. The summed E-state index contributed by atoms with van der Waals surface area (Å²) in [5.74, 6) is -0.382. The van der Waals surface area contributed by atoms with Crippen molar-refractivity contribution in [2.75, 3.05) is 65.9 Å². The fourth-order valence-electron chi connectivity index (χ4n) is 1.23. The molecule has 0 heterocycles. The van der Waals surface area contributed by atoms with E-state index in [1.54, 1.807) is 0 Å². The Labute approximate surface area is 125 Å². The molecule has 21 heavy (non-hydrogen) atoms. The van der Waals surface area contributed by atoms with Crippen molar-refractivity contribution in [1.29, 1.82) is 0 Å². The number of carbonyl (C=O) groups excluding carboxylic acids is 2. The normalized spacial score (nSPS) is 10.6. The second-order valence-corrected chi connectivity index (χ2v) is 4.17. The number of Topliss-reactive ketones (excluding diaryl/α,β-unsaturated/α-hetero) is 1. The molecule has 8 heteroatoms. The molecule has 0 spiro atoms. The van der Waals surface area contributed by atoms with Crippen molar-refractivity contribution in [3.63, 3.8) is 0 Å². The first kappa shape index (κ1) is 19.9. The zero-order valence-electron chi connectivity index (χ0n) is 12.6. The van der Waals surface area contributed by atoms with E-state index in [0.717, 1.165) is 0 Å². The van der Waals surface area contributed by atoms with Crippen LogP contribution in [0.15, 0.2) is 0 Å². The van der Waals surface area contributed by atoms with Gasteiger partial charge < -0.3 is 30.0 Å². The lowest BCUT2D eigenvalue weighted by Gasteiger charge is -2.07. The van der Waals surface area contributed by atoms with E-state index in [1.807, 2.05) is 0 Å². The molecular weight excluding hydrogens is 280 g/mol. The Morgan fingerprint density at radius 2 is 1.43 bits per heavy atom. The van der Waals surface area contributed by atoms with Gasteiger partial charge in [-0.1, -0.05) is 0 Å².